The first-order valence-electron chi connectivity index (χ1n) is 9.97. The summed E-state index contributed by atoms with van der Waals surface area (Å²) in [5.74, 6) is 1.000. The minimum Gasteiger partial charge on any atom is -0.492 e. The van der Waals surface area contributed by atoms with Crippen LogP contribution in [0.3, 0.4) is 0 Å². The molecular weight excluding hydrogens is 358 g/mol. The largest absolute Gasteiger partial charge is 0.492 e. The highest BCUT2D eigenvalue weighted by molar-refractivity contribution is 5.69. The van der Waals surface area contributed by atoms with E-state index in [1.54, 1.807) is 23.9 Å². The number of ether oxygens (including phenoxy) is 2. The number of benzene rings is 1. The number of esters is 1. The summed E-state index contributed by atoms with van der Waals surface area (Å²) in [6, 6.07) is 9.87. The van der Waals surface area contributed by atoms with Crippen molar-refractivity contribution >= 4 is 5.97 Å². The molecule has 0 N–H and O–H groups in total. The van der Waals surface area contributed by atoms with Gasteiger partial charge in [-0.1, -0.05) is 18.2 Å². The Balaban J connectivity index is 1.40. The Labute approximate surface area is 165 Å². The first-order chi connectivity index (χ1) is 13.7. The van der Waals surface area contributed by atoms with Crippen LogP contribution in [0.5, 0.6) is 5.75 Å². The number of piperidine rings is 1. The Morgan fingerprint density at radius 1 is 1.11 bits per heavy atom. The normalized spacial score (nSPS) is 15.5. The molecule has 152 valence electrons. The van der Waals surface area contributed by atoms with Gasteiger partial charge in [-0.05, 0) is 50.9 Å². The van der Waals surface area contributed by atoms with E-state index in [1.807, 2.05) is 30.3 Å². The topological polar surface area (TPSA) is 65.7 Å². The van der Waals surface area contributed by atoms with Gasteiger partial charge in [0.25, 0.3) is 0 Å². The van der Waals surface area contributed by atoms with Gasteiger partial charge in [0.15, 0.2) is 0 Å². The summed E-state index contributed by atoms with van der Waals surface area (Å²) < 4.78 is 13.8. The standard InChI is InChI=1S/C21H29N3O4/c1-2-27-20(25)17-24-13-12-23(21(24)26)16-18-8-10-22(11-9-18)14-15-28-19-6-4-3-5-7-19/h3-7,12-13,18H,2,8-11,14-17H2,1H3. The van der Waals surface area contributed by atoms with Gasteiger partial charge in [-0.2, -0.15) is 0 Å². The predicted molar refractivity (Wildman–Crippen MR) is 106 cm³/mol. The molecule has 7 heteroatoms. The zero-order valence-electron chi connectivity index (χ0n) is 16.5. The van der Waals surface area contributed by atoms with Crippen LogP contribution in [0.4, 0.5) is 0 Å². The molecule has 0 radical (unpaired) electrons. The van der Waals surface area contributed by atoms with E-state index in [-0.39, 0.29) is 18.2 Å². The molecule has 2 aromatic rings. The summed E-state index contributed by atoms with van der Waals surface area (Å²) >= 11 is 0. The summed E-state index contributed by atoms with van der Waals surface area (Å²) in [5.41, 5.74) is -0.147. The number of hydrogen-bond donors (Lipinski definition) is 0. The molecule has 0 atom stereocenters. The third-order valence-electron chi connectivity index (χ3n) is 5.10. The quantitative estimate of drug-likeness (QED) is 0.616. The maximum absolute atomic E-state index is 12.4. The third kappa shape index (κ3) is 5.73. The van der Waals surface area contributed by atoms with E-state index in [2.05, 4.69) is 4.90 Å². The fourth-order valence-electron chi connectivity index (χ4n) is 3.54. The molecule has 0 bridgehead atoms. The van der Waals surface area contributed by atoms with E-state index in [1.165, 1.54) is 4.57 Å². The van der Waals surface area contributed by atoms with E-state index in [0.717, 1.165) is 38.2 Å². The van der Waals surface area contributed by atoms with E-state index >= 15 is 0 Å². The highest BCUT2D eigenvalue weighted by Crippen LogP contribution is 2.18. The lowest BCUT2D eigenvalue weighted by atomic mass is 9.97. The van der Waals surface area contributed by atoms with Crippen LogP contribution >= 0.6 is 0 Å². The molecule has 0 spiro atoms. The van der Waals surface area contributed by atoms with Crippen LogP contribution in [0.1, 0.15) is 19.8 Å². The van der Waals surface area contributed by atoms with E-state index in [9.17, 15) is 9.59 Å². The van der Waals surface area contributed by atoms with Gasteiger partial charge >= 0.3 is 11.7 Å². The molecule has 0 amide bonds. The number of rotatable bonds is 9. The first-order valence-corrected chi connectivity index (χ1v) is 9.97. The second-order valence-corrected chi connectivity index (χ2v) is 7.11. The zero-order chi connectivity index (χ0) is 19.8. The van der Waals surface area contributed by atoms with E-state index < -0.39 is 0 Å². The molecule has 7 nitrogen and oxygen atoms in total. The lowest BCUT2D eigenvalue weighted by molar-refractivity contribution is -0.143. The Hall–Kier alpha value is -2.54. The average Bonchev–Trinajstić information content (AvgIpc) is 3.04. The van der Waals surface area contributed by atoms with Gasteiger partial charge < -0.3 is 9.47 Å². The first kappa shape index (κ1) is 20.2. The minimum atomic E-state index is -0.381. The average molecular weight is 387 g/mol. The molecule has 3 rings (SSSR count). The summed E-state index contributed by atoms with van der Waals surface area (Å²) in [6.45, 7) is 6.38. The molecule has 1 aliphatic heterocycles. The van der Waals surface area contributed by atoms with Crippen LogP contribution in [0.15, 0.2) is 47.5 Å². The lowest BCUT2D eigenvalue weighted by Crippen LogP contribution is -2.38. The van der Waals surface area contributed by atoms with Gasteiger partial charge in [0.05, 0.1) is 6.61 Å². The molecule has 1 aliphatic rings. The predicted octanol–water partition coefficient (Wildman–Crippen LogP) is 2.00. The van der Waals surface area contributed by atoms with Crippen molar-refractivity contribution in [2.24, 2.45) is 5.92 Å². The van der Waals surface area contributed by atoms with Crippen molar-refractivity contribution < 1.29 is 14.3 Å². The Bertz CT molecular complexity index is 791. The lowest BCUT2D eigenvalue weighted by Gasteiger charge is -2.31. The van der Waals surface area contributed by atoms with Gasteiger partial charge in [-0.25, -0.2) is 4.79 Å². The van der Waals surface area contributed by atoms with Crippen molar-refractivity contribution in [1.82, 2.24) is 14.0 Å². The smallest absolute Gasteiger partial charge is 0.328 e. The molecule has 1 fully saturated rings. The van der Waals surface area contributed by atoms with Crippen LogP contribution in [0.25, 0.3) is 0 Å². The van der Waals surface area contributed by atoms with Crippen LogP contribution in [0, 0.1) is 5.92 Å². The van der Waals surface area contributed by atoms with Crippen molar-refractivity contribution in [2.45, 2.75) is 32.9 Å². The maximum Gasteiger partial charge on any atom is 0.328 e. The molecule has 0 unspecified atom stereocenters. The summed E-state index contributed by atoms with van der Waals surface area (Å²) in [6.07, 6.45) is 5.54. The zero-order valence-corrected chi connectivity index (χ0v) is 16.5. The molecule has 28 heavy (non-hydrogen) atoms. The van der Waals surface area contributed by atoms with Crippen molar-refractivity contribution in [1.29, 1.82) is 0 Å². The summed E-state index contributed by atoms with van der Waals surface area (Å²) in [4.78, 5) is 26.4. The number of likely N-dealkylation sites (tertiary alicyclic amines) is 1. The number of nitrogens with zero attached hydrogens (tertiary/aromatic N) is 3. The molecule has 1 aromatic heterocycles. The maximum atomic E-state index is 12.4. The van der Waals surface area contributed by atoms with Crippen LogP contribution in [-0.4, -0.2) is 52.9 Å². The Kier molecular flexibility index (Phi) is 7.31. The van der Waals surface area contributed by atoms with Crippen molar-refractivity contribution in [3.63, 3.8) is 0 Å². The minimum absolute atomic E-state index is 0.0282. The van der Waals surface area contributed by atoms with Crippen molar-refractivity contribution in [3.05, 3.63) is 53.2 Å². The van der Waals surface area contributed by atoms with Gasteiger partial charge in [0.2, 0.25) is 0 Å². The third-order valence-corrected chi connectivity index (χ3v) is 5.10. The van der Waals surface area contributed by atoms with Crippen molar-refractivity contribution in [3.8, 4) is 5.75 Å². The molecule has 0 aliphatic carbocycles. The molecular formula is C21H29N3O4. The number of hydrogen-bond acceptors (Lipinski definition) is 5. The highest BCUT2D eigenvalue weighted by Gasteiger charge is 2.20. The summed E-state index contributed by atoms with van der Waals surface area (Å²) in [7, 11) is 0. The molecule has 1 aromatic carbocycles. The molecule has 0 saturated carbocycles. The highest BCUT2D eigenvalue weighted by atomic mass is 16.5. The molecule has 1 saturated heterocycles. The van der Waals surface area contributed by atoms with Gasteiger partial charge in [-0.3, -0.25) is 18.8 Å². The number of para-hydroxylation sites is 1. The number of aromatic nitrogens is 2. The van der Waals surface area contributed by atoms with Gasteiger partial charge in [-0.15, -0.1) is 0 Å². The van der Waals surface area contributed by atoms with Crippen LogP contribution in [0.2, 0.25) is 0 Å². The number of imidazole rings is 1. The Morgan fingerprint density at radius 2 is 1.82 bits per heavy atom. The Morgan fingerprint density at radius 3 is 2.54 bits per heavy atom. The van der Waals surface area contributed by atoms with E-state index in [4.69, 9.17) is 9.47 Å². The van der Waals surface area contributed by atoms with Gasteiger partial charge in [0, 0.05) is 25.5 Å². The van der Waals surface area contributed by atoms with Crippen molar-refractivity contribution in [2.75, 3.05) is 32.8 Å². The second kappa shape index (κ2) is 10.1. The summed E-state index contributed by atoms with van der Waals surface area (Å²) in [5, 5.41) is 0. The fraction of sp³-hybridized carbons (Fsp3) is 0.524. The van der Waals surface area contributed by atoms with Gasteiger partial charge in [0.1, 0.15) is 18.9 Å². The second-order valence-electron chi connectivity index (χ2n) is 7.11. The van der Waals surface area contributed by atoms with Crippen LogP contribution < -0.4 is 10.4 Å². The number of carbonyl (C=O) groups excluding carboxylic acids is 1. The van der Waals surface area contributed by atoms with Crippen LogP contribution in [-0.2, 0) is 22.6 Å². The van der Waals surface area contributed by atoms with E-state index in [0.29, 0.717) is 25.7 Å². The number of carbonyl (C=O) groups is 1. The monoisotopic (exact) mass is 387 g/mol. The SMILES string of the molecule is CCOC(=O)Cn1ccn(CC2CCN(CCOc3ccccc3)CC2)c1=O. The fourth-order valence-corrected chi connectivity index (χ4v) is 3.54. The molecule has 2 heterocycles.